The topological polar surface area (TPSA) is 33.0 Å². The summed E-state index contributed by atoms with van der Waals surface area (Å²) in [7, 11) is 0. The van der Waals surface area contributed by atoms with E-state index >= 15 is 0 Å². The van der Waals surface area contributed by atoms with E-state index < -0.39 is 0 Å². The standard InChI is InChI=1S/C19H16N2OS2/c1-2-11-20-15-16(21-12-7-4-8-13-21)18(24-19(15)23)17(22)14-9-5-3-6-10-14/h2-10,12-13,20H,1,11H2/p+1. The summed E-state index contributed by atoms with van der Waals surface area (Å²) in [6.45, 7) is 4.34. The van der Waals surface area contributed by atoms with Gasteiger partial charge in [0, 0.05) is 24.2 Å². The Hall–Kier alpha value is -2.37. The third-order valence-corrected chi connectivity index (χ3v) is 4.98. The van der Waals surface area contributed by atoms with Crippen molar-refractivity contribution in [3.8, 4) is 5.69 Å². The van der Waals surface area contributed by atoms with E-state index in [9.17, 15) is 4.79 Å². The summed E-state index contributed by atoms with van der Waals surface area (Å²) in [6.07, 6.45) is 5.63. The third kappa shape index (κ3) is 3.27. The molecule has 2 aromatic heterocycles. The fourth-order valence-corrected chi connectivity index (χ4v) is 3.85. The van der Waals surface area contributed by atoms with Crippen molar-refractivity contribution in [3.05, 3.63) is 84.0 Å². The fraction of sp³-hybridized carbons (Fsp3) is 0.0526. The second kappa shape index (κ2) is 7.47. The van der Waals surface area contributed by atoms with Crippen LogP contribution in [0, 0.1) is 0 Å². The number of pyridine rings is 1. The van der Waals surface area contributed by atoms with Crippen LogP contribution in [0.3, 0.4) is 0 Å². The maximum absolute atomic E-state index is 13.0. The molecule has 0 unspecified atom stereocenters. The van der Waals surface area contributed by atoms with E-state index in [-0.39, 0.29) is 5.78 Å². The number of benzene rings is 1. The fourth-order valence-electron chi connectivity index (χ4n) is 2.41. The predicted molar refractivity (Wildman–Crippen MR) is 102 cm³/mol. The van der Waals surface area contributed by atoms with E-state index in [0.29, 0.717) is 17.0 Å². The van der Waals surface area contributed by atoms with Gasteiger partial charge in [-0.25, -0.2) is 0 Å². The molecule has 2 heterocycles. The first-order valence-corrected chi connectivity index (χ1v) is 8.75. The Balaban J connectivity index is 2.16. The lowest BCUT2D eigenvalue weighted by molar-refractivity contribution is -0.594. The van der Waals surface area contributed by atoms with Gasteiger partial charge in [-0.2, -0.15) is 4.57 Å². The van der Waals surface area contributed by atoms with E-state index in [0.717, 1.165) is 15.6 Å². The molecule has 0 atom stereocenters. The van der Waals surface area contributed by atoms with Crippen LogP contribution < -0.4 is 9.88 Å². The van der Waals surface area contributed by atoms with Crippen molar-refractivity contribution in [3.63, 3.8) is 0 Å². The van der Waals surface area contributed by atoms with E-state index in [1.165, 1.54) is 11.3 Å². The second-order valence-electron chi connectivity index (χ2n) is 5.11. The average Bonchev–Trinajstić information content (AvgIpc) is 2.97. The average molecular weight is 353 g/mol. The summed E-state index contributed by atoms with van der Waals surface area (Å²) in [5.74, 6) is -0.00564. The minimum atomic E-state index is -0.00564. The molecule has 0 bridgehead atoms. The Kier molecular flexibility index (Phi) is 5.13. The van der Waals surface area contributed by atoms with Crippen LogP contribution in [-0.2, 0) is 0 Å². The molecule has 24 heavy (non-hydrogen) atoms. The molecule has 0 saturated heterocycles. The first kappa shape index (κ1) is 16.5. The van der Waals surface area contributed by atoms with Crippen molar-refractivity contribution in [1.29, 1.82) is 0 Å². The zero-order valence-electron chi connectivity index (χ0n) is 13.0. The maximum atomic E-state index is 13.0. The van der Waals surface area contributed by atoms with Crippen molar-refractivity contribution in [2.75, 3.05) is 11.9 Å². The van der Waals surface area contributed by atoms with Gasteiger partial charge in [-0.1, -0.05) is 42.5 Å². The lowest BCUT2D eigenvalue weighted by atomic mass is 10.1. The van der Waals surface area contributed by atoms with Crippen LogP contribution in [0.2, 0.25) is 0 Å². The van der Waals surface area contributed by atoms with E-state index in [1.54, 1.807) is 6.08 Å². The number of carbonyl (C=O) groups is 1. The number of hydrogen-bond acceptors (Lipinski definition) is 4. The highest BCUT2D eigenvalue weighted by Crippen LogP contribution is 2.37. The number of anilines is 1. The lowest BCUT2D eigenvalue weighted by Gasteiger charge is -2.04. The number of hydrogen-bond donors (Lipinski definition) is 2. The minimum absolute atomic E-state index is 0.00564. The molecule has 0 saturated carbocycles. The summed E-state index contributed by atoms with van der Waals surface area (Å²) < 4.78 is 2.72. The highest BCUT2D eigenvalue weighted by atomic mass is 32.2. The highest BCUT2D eigenvalue weighted by Gasteiger charge is 2.29. The second-order valence-corrected chi connectivity index (χ2v) is 6.88. The number of nitrogens with zero attached hydrogens (tertiary/aromatic N) is 1. The van der Waals surface area contributed by atoms with Crippen molar-refractivity contribution >= 4 is 35.4 Å². The predicted octanol–water partition coefficient (Wildman–Crippen LogP) is 4.14. The molecular formula is C19H17N2OS2+. The monoisotopic (exact) mass is 353 g/mol. The van der Waals surface area contributed by atoms with Gasteiger partial charge >= 0.3 is 0 Å². The van der Waals surface area contributed by atoms with Gasteiger partial charge in [-0.05, 0) is 0 Å². The first-order valence-electron chi connectivity index (χ1n) is 7.49. The molecule has 5 heteroatoms. The SMILES string of the molecule is C=CCNc1c(S)sc(C(=O)c2ccccc2)c1-[n+]1ccccc1. The number of thiol groups is 1. The zero-order valence-corrected chi connectivity index (χ0v) is 14.7. The Morgan fingerprint density at radius 2 is 1.83 bits per heavy atom. The Bertz CT molecular complexity index is 858. The summed E-state index contributed by atoms with van der Waals surface area (Å²) in [5, 5.41) is 3.30. The van der Waals surface area contributed by atoms with Gasteiger partial charge in [-0.15, -0.1) is 30.5 Å². The molecule has 3 nitrogen and oxygen atoms in total. The Labute approximate surface area is 150 Å². The largest absolute Gasteiger partial charge is 0.375 e. The van der Waals surface area contributed by atoms with E-state index in [4.69, 9.17) is 0 Å². The van der Waals surface area contributed by atoms with Crippen molar-refractivity contribution < 1.29 is 9.36 Å². The van der Waals surface area contributed by atoms with E-state index in [2.05, 4.69) is 24.5 Å². The summed E-state index contributed by atoms with van der Waals surface area (Å²) in [5.41, 5.74) is 2.33. The van der Waals surface area contributed by atoms with Crippen LogP contribution in [0.25, 0.3) is 5.69 Å². The first-order chi connectivity index (χ1) is 11.7. The van der Waals surface area contributed by atoms with Gasteiger partial charge in [0.1, 0.15) is 5.69 Å². The normalized spacial score (nSPS) is 10.4. The summed E-state index contributed by atoms with van der Waals surface area (Å²) in [6, 6.07) is 15.1. The van der Waals surface area contributed by atoms with Crippen LogP contribution in [0.15, 0.2) is 77.8 Å². The molecule has 0 amide bonds. The van der Waals surface area contributed by atoms with Gasteiger partial charge in [0.2, 0.25) is 5.78 Å². The number of carbonyl (C=O) groups excluding carboxylic acids is 1. The Morgan fingerprint density at radius 1 is 1.17 bits per heavy atom. The number of ketones is 1. The van der Waals surface area contributed by atoms with Gasteiger partial charge in [-0.3, -0.25) is 4.79 Å². The van der Waals surface area contributed by atoms with Gasteiger partial charge < -0.3 is 5.32 Å². The van der Waals surface area contributed by atoms with Gasteiger partial charge in [0.15, 0.2) is 17.3 Å². The van der Waals surface area contributed by atoms with Crippen molar-refractivity contribution in [2.24, 2.45) is 0 Å². The number of aromatic nitrogens is 1. The van der Waals surface area contributed by atoms with Crippen LogP contribution in [0.4, 0.5) is 5.69 Å². The van der Waals surface area contributed by atoms with E-state index in [1.807, 2.05) is 65.5 Å². The molecule has 0 aliphatic carbocycles. The number of rotatable bonds is 6. The zero-order chi connectivity index (χ0) is 16.9. The molecule has 0 fully saturated rings. The molecule has 3 aromatic rings. The van der Waals surface area contributed by atoms with Crippen LogP contribution >= 0.6 is 24.0 Å². The van der Waals surface area contributed by atoms with Crippen molar-refractivity contribution in [1.82, 2.24) is 0 Å². The highest BCUT2D eigenvalue weighted by molar-refractivity contribution is 7.83. The molecule has 120 valence electrons. The third-order valence-electron chi connectivity index (χ3n) is 3.50. The van der Waals surface area contributed by atoms with Crippen LogP contribution in [-0.4, -0.2) is 12.3 Å². The van der Waals surface area contributed by atoms with Crippen LogP contribution in [0.5, 0.6) is 0 Å². The smallest absolute Gasteiger partial charge is 0.257 e. The number of nitrogens with one attached hydrogen (secondary N) is 1. The summed E-state index contributed by atoms with van der Waals surface area (Å²) in [4.78, 5) is 13.7. The molecule has 3 rings (SSSR count). The molecular weight excluding hydrogens is 336 g/mol. The summed E-state index contributed by atoms with van der Waals surface area (Å²) >= 11 is 5.96. The minimum Gasteiger partial charge on any atom is -0.375 e. The lowest BCUT2D eigenvalue weighted by Crippen LogP contribution is -2.31. The van der Waals surface area contributed by atoms with Gasteiger partial charge in [0.25, 0.3) is 5.69 Å². The molecule has 1 N–H and O–H groups in total. The molecule has 0 radical (unpaired) electrons. The molecule has 0 aliphatic rings. The van der Waals surface area contributed by atoms with Crippen molar-refractivity contribution in [2.45, 2.75) is 4.21 Å². The quantitative estimate of drug-likeness (QED) is 0.302. The molecule has 1 aromatic carbocycles. The Morgan fingerprint density at radius 3 is 2.50 bits per heavy atom. The van der Waals surface area contributed by atoms with Gasteiger partial charge in [0.05, 0.1) is 4.21 Å². The molecule has 0 spiro atoms. The number of thiophene rings is 1. The van der Waals surface area contributed by atoms with Crippen LogP contribution in [0.1, 0.15) is 15.2 Å². The maximum Gasteiger partial charge on any atom is 0.257 e. The molecule has 0 aliphatic heterocycles.